The van der Waals surface area contributed by atoms with Crippen molar-refractivity contribution in [3.8, 4) is 0 Å². The summed E-state index contributed by atoms with van der Waals surface area (Å²) in [6, 6.07) is 1.57. The number of aromatic carboxylic acids is 1. The van der Waals surface area contributed by atoms with Crippen molar-refractivity contribution in [1.82, 2.24) is 4.90 Å². The van der Waals surface area contributed by atoms with Crippen LogP contribution in [0.4, 0.5) is 0 Å². The Morgan fingerprint density at radius 2 is 2.12 bits per heavy atom. The van der Waals surface area contributed by atoms with Crippen LogP contribution in [0.1, 0.15) is 36.9 Å². The average Bonchev–Trinajstić information content (AvgIpc) is 2.48. The number of carboxylic acids is 1. The van der Waals surface area contributed by atoms with Gasteiger partial charge < -0.3 is 9.52 Å². The second kappa shape index (κ2) is 4.70. The van der Waals surface area contributed by atoms with Gasteiger partial charge in [-0.15, -0.1) is 0 Å². The monoisotopic (exact) mass is 225 g/mol. The molecule has 0 aliphatic heterocycles. The smallest absolute Gasteiger partial charge is 0.338 e. The number of furan rings is 1. The van der Waals surface area contributed by atoms with Crippen LogP contribution in [0.25, 0.3) is 0 Å². The minimum absolute atomic E-state index is 0.208. The lowest BCUT2D eigenvalue weighted by Gasteiger charge is -2.25. The normalized spacial score (nSPS) is 12.1. The molecule has 1 aromatic heterocycles. The highest BCUT2D eigenvalue weighted by atomic mass is 16.4. The molecule has 16 heavy (non-hydrogen) atoms. The van der Waals surface area contributed by atoms with E-state index in [0.29, 0.717) is 12.3 Å². The number of carboxylic acid groups (broad SMARTS) is 1. The fourth-order valence-electron chi connectivity index (χ4n) is 1.71. The molecule has 90 valence electrons. The highest BCUT2D eigenvalue weighted by molar-refractivity contribution is 5.87. The Morgan fingerprint density at radius 3 is 2.56 bits per heavy atom. The average molecular weight is 225 g/mol. The molecule has 0 unspecified atom stereocenters. The molecule has 0 radical (unpaired) electrons. The molecule has 4 heteroatoms. The molecule has 1 N–H and O–H groups in total. The van der Waals surface area contributed by atoms with Gasteiger partial charge in [-0.25, -0.2) is 4.79 Å². The molecule has 1 rings (SSSR count). The Morgan fingerprint density at radius 1 is 1.50 bits per heavy atom. The molecule has 0 aliphatic carbocycles. The van der Waals surface area contributed by atoms with Crippen LogP contribution < -0.4 is 0 Å². The molecule has 0 aliphatic rings. The number of nitrogens with zero attached hydrogens (tertiary/aromatic N) is 1. The zero-order chi connectivity index (χ0) is 12.3. The van der Waals surface area contributed by atoms with Gasteiger partial charge in [0.1, 0.15) is 12.0 Å². The van der Waals surface area contributed by atoms with E-state index in [2.05, 4.69) is 25.7 Å². The molecular weight excluding hydrogens is 206 g/mol. The van der Waals surface area contributed by atoms with Crippen molar-refractivity contribution in [2.24, 2.45) is 5.41 Å². The predicted octanol–water partition coefficient (Wildman–Crippen LogP) is 2.46. The topological polar surface area (TPSA) is 53.7 Å². The molecule has 0 aromatic carbocycles. The van der Waals surface area contributed by atoms with E-state index in [1.807, 2.05) is 7.05 Å². The van der Waals surface area contributed by atoms with Crippen molar-refractivity contribution in [1.29, 1.82) is 0 Å². The van der Waals surface area contributed by atoms with Gasteiger partial charge in [0.2, 0.25) is 0 Å². The molecule has 0 saturated heterocycles. The Balaban J connectivity index is 2.56. The molecule has 0 bridgehead atoms. The van der Waals surface area contributed by atoms with Crippen molar-refractivity contribution in [2.45, 2.75) is 27.3 Å². The SMILES string of the molecule is CN(Cc1cc(C(=O)O)co1)CC(C)(C)C. The first kappa shape index (κ1) is 12.8. The fraction of sp³-hybridized carbons (Fsp3) is 0.583. The van der Waals surface area contributed by atoms with Crippen molar-refractivity contribution >= 4 is 5.97 Å². The third-order valence-electron chi connectivity index (χ3n) is 2.07. The van der Waals surface area contributed by atoms with Crippen molar-refractivity contribution in [3.05, 3.63) is 23.7 Å². The first-order chi connectivity index (χ1) is 7.28. The van der Waals surface area contributed by atoms with E-state index in [4.69, 9.17) is 9.52 Å². The van der Waals surface area contributed by atoms with Gasteiger partial charge in [0.05, 0.1) is 12.1 Å². The van der Waals surface area contributed by atoms with Crippen LogP contribution in [0.5, 0.6) is 0 Å². The maximum Gasteiger partial charge on any atom is 0.338 e. The molecule has 0 saturated carbocycles. The Labute approximate surface area is 95.9 Å². The summed E-state index contributed by atoms with van der Waals surface area (Å²) in [7, 11) is 1.99. The zero-order valence-corrected chi connectivity index (χ0v) is 10.3. The van der Waals surface area contributed by atoms with Crippen LogP contribution in [0.3, 0.4) is 0 Å². The number of rotatable bonds is 4. The van der Waals surface area contributed by atoms with Gasteiger partial charge in [0, 0.05) is 6.54 Å². The van der Waals surface area contributed by atoms with E-state index in [9.17, 15) is 4.79 Å². The second-order valence-electron chi connectivity index (χ2n) is 5.34. The standard InChI is InChI=1S/C12H19NO3/c1-12(2,3)8-13(4)6-10-5-9(7-16-10)11(14)15/h5,7H,6,8H2,1-4H3,(H,14,15). The number of hydrogen-bond acceptors (Lipinski definition) is 3. The zero-order valence-electron chi connectivity index (χ0n) is 10.3. The van der Waals surface area contributed by atoms with Gasteiger partial charge in [-0.2, -0.15) is 0 Å². The third-order valence-corrected chi connectivity index (χ3v) is 2.07. The Bertz CT molecular complexity index is 363. The molecule has 1 aromatic rings. The second-order valence-corrected chi connectivity index (χ2v) is 5.34. The highest BCUT2D eigenvalue weighted by Gasteiger charge is 2.15. The first-order valence-corrected chi connectivity index (χ1v) is 5.27. The fourth-order valence-corrected chi connectivity index (χ4v) is 1.71. The van der Waals surface area contributed by atoms with Crippen molar-refractivity contribution < 1.29 is 14.3 Å². The van der Waals surface area contributed by atoms with Crippen molar-refractivity contribution in [2.75, 3.05) is 13.6 Å². The summed E-state index contributed by atoms with van der Waals surface area (Å²) in [4.78, 5) is 12.8. The van der Waals surface area contributed by atoms with Crippen molar-refractivity contribution in [3.63, 3.8) is 0 Å². The molecule has 0 spiro atoms. The largest absolute Gasteiger partial charge is 0.478 e. The van der Waals surface area contributed by atoms with Gasteiger partial charge in [0.25, 0.3) is 0 Å². The Kier molecular flexibility index (Phi) is 3.75. The molecular formula is C12H19NO3. The lowest BCUT2D eigenvalue weighted by Crippen LogP contribution is -2.28. The van der Waals surface area contributed by atoms with Crippen LogP contribution in [0.2, 0.25) is 0 Å². The highest BCUT2D eigenvalue weighted by Crippen LogP contribution is 2.16. The lowest BCUT2D eigenvalue weighted by molar-refractivity contribution is 0.0696. The van der Waals surface area contributed by atoms with E-state index in [1.165, 1.54) is 6.26 Å². The predicted molar refractivity (Wildman–Crippen MR) is 61.5 cm³/mol. The van der Waals surface area contributed by atoms with E-state index in [-0.39, 0.29) is 11.0 Å². The summed E-state index contributed by atoms with van der Waals surface area (Å²) in [6.45, 7) is 8.04. The van der Waals surface area contributed by atoms with Gasteiger partial charge >= 0.3 is 5.97 Å². The van der Waals surface area contributed by atoms with Gasteiger partial charge in [-0.3, -0.25) is 4.90 Å². The number of hydrogen-bond donors (Lipinski definition) is 1. The quantitative estimate of drug-likeness (QED) is 0.855. The summed E-state index contributed by atoms with van der Waals surface area (Å²) in [5.74, 6) is -0.266. The van der Waals surface area contributed by atoms with Crippen LogP contribution in [-0.2, 0) is 6.54 Å². The molecule has 4 nitrogen and oxygen atoms in total. The summed E-state index contributed by atoms with van der Waals surface area (Å²) in [5, 5.41) is 8.75. The summed E-state index contributed by atoms with van der Waals surface area (Å²) >= 11 is 0. The summed E-state index contributed by atoms with van der Waals surface area (Å²) < 4.78 is 5.19. The third kappa shape index (κ3) is 4.06. The van der Waals surface area contributed by atoms with E-state index in [1.54, 1.807) is 6.07 Å². The minimum Gasteiger partial charge on any atom is -0.478 e. The summed E-state index contributed by atoms with van der Waals surface area (Å²) in [5.41, 5.74) is 0.427. The van der Waals surface area contributed by atoms with Gasteiger partial charge in [0.15, 0.2) is 0 Å². The first-order valence-electron chi connectivity index (χ1n) is 5.27. The summed E-state index contributed by atoms with van der Waals surface area (Å²) in [6.07, 6.45) is 1.28. The van der Waals surface area contributed by atoms with E-state index < -0.39 is 5.97 Å². The number of carbonyl (C=O) groups is 1. The van der Waals surface area contributed by atoms with Gasteiger partial charge in [-0.1, -0.05) is 20.8 Å². The van der Waals surface area contributed by atoms with Crippen LogP contribution in [-0.4, -0.2) is 29.6 Å². The molecule has 0 atom stereocenters. The lowest BCUT2D eigenvalue weighted by atomic mass is 9.96. The van der Waals surface area contributed by atoms with Crippen LogP contribution in [0.15, 0.2) is 16.7 Å². The van der Waals surface area contributed by atoms with Gasteiger partial charge in [-0.05, 0) is 18.5 Å². The maximum atomic E-state index is 10.7. The van der Waals surface area contributed by atoms with E-state index in [0.717, 1.165) is 6.54 Å². The Hall–Kier alpha value is -1.29. The molecule has 0 amide bonds. The van der Waals surface area contributed by atoms with E-state index >= 15 is 0 Å². The van der Waals surface area contributed by atoms with Crippen LogP contribution in [0, 0.1) is 5.41 Å². The molecule has 1 heterocycles. The molecule has 0 fully saturated rings. The maximum absolute atomic E-state index is 10.7. The van der Waals surface area contributed by atoms with Crippen LogP contribution >= 0.6 is 0 Å². The minimum atomic E-state index is -0.950.